The summed E-state index contributed by atoms with van der Waals surface area (Å²) >= 11 is 0. The maximum Gasteiger partial charge on any atom is 0.0247 e. The second kappa shape index (κ2) is 6.36. The monoisotopic (exact) mass is 255 g/mol. The Morgan fingerprint density at radius 3 is 2.17 bits per heavy atom. The highest BCUT2D eigenvalue weighted by Gasteiger charge is 2.35. The molecule has 2 N–H and O–H groups in total. The van der Waals surface area contributed by atoms with Crippen molar-refractivity contribution >= 4 is 0 Å². The van der Waals surface area contributed by atoms with Gasteiger partial charge in [-0.3, -0.25) is 0 Å². The third kappa shape index (κ3) is 4.52. The quantitative estimate of drug-likeness (QED) is 0.834. The maximum atomic E-state index is 6.34. The fourth-order valence-electron chi connectivity index (χ4n) is 2.99. The van der Waals surface area contributed by atoms with Crippen molar-refractivity contribution in [3.05, 3.63) is 0 Å². The fourth-order valence-corrected chi connectivity index (χ4v) is 2.99. The summed E-state index contributed by atoms with van der Waals surface area (Å²) in [7, 11) is 6.50. The molecule has 0 radical (unpaired) electrons. The molecule has 0 aromatic carbocycles. The van der Waals surface area contributed by atoms with Crippen molar-refractivity contribution < 1.29 is 0 Å². The van der Waals surface area contributed by atoms with Crippen LogP contribution in [0.25, 0.3) is 0 Å². The first-order valence-corrected chi connectivity index (χ1v) is 7.32. The van der Waals surface area contributed by atoms with Crippen molar-refractivity contribution in [3.8, 4) is 0 Å². The topological polar surface area (TPSA) is 32.5 Å². The SMILES string of the molecule is CN(C)CCN(C)C1CC(C(C)(C)C)CCC1N. The highest BCUT2D eigenvalue weighted by atomic mass is 15.2. The third-order valence-electron chi connectivity index (χ3n) is 4.56. The summed E-state index contributed by atoms with van der Waals surface area (Å²) in [5.41, 5.74) is 6.75. The molecule has 18 heavy (non-hydrogen) atoms. The van der Waals surface area contributed by atoms with Crippen LogP contribution in [0.5, 0.6) is 0 Å². The molecule has 108 valence electrons. The van der Waals surface area contributed by atoms with Gasteiger partial charge in [0.05, 0.1) is 0 Å². The molecule has 3 unspecified atom stereocenters. The van der Waals surface area contributed by atoms with Gasteiger partial charge in [-0.05, 0) is 51.7 Å². The summed E-state index contributed by atoms with van der Waals surface area (Å²) in [5.74, 6) is 0.809. The zero-order valence-corrected chi connectivity index (χ0v) is 13.2. The second-order valence-electron chi connectivity index (χ2n) is 7.39. The van der Waals surface area contributed by atoms with E-state index < -0.39 is 0 Å². The smallest absolute Gasteiger partial charge is 0.0247 e. The molecule has 0 aromatic heterocycles. The largest absolute Gasteiger partial charge is 0.326 e. The van der Waals surface area contributed by atoms with E-state index in [2.05, 4.69) is 51.7 Å². The van der Waals surface area contributed by atoms with E-state index in [0.29, 0.717) is 17.5 Å². The molecule has 3 nitrogen and oxygen atoms in total. The van der Waals surface area contributed by atoms with Crippen LogP contribution in [0, 0.1) is 11.3 Å². The Morgan fingerprint density at radius 2 is 1.67 bits per heavy atom. The average molecular weight is 255 g/mol. The molecule has 1 aliphatic rings. The minimum Gasteiger partial charge on any atom is -0.326 e. The summed E-state index contributed by atoms with van der Waals surface area (Å²) in [6.07, 6.45) is 3.73. The van der Waals surface area contributed by atoms with Crippen LogP contribution in [0.4, 0.5) is 0 Å². The van der Waals surface area contributed by atoms with Crippen LogP contribution in [0.1, 0.15) is 40.0 Å². The maximum absolute atomic E-state index is 6.34. The van der Waals surface area contributed by atoms with E-state index in [1.54, 1.807) is 0 Å². The number of hydrogen-bond acceptors (Lipinski definition) is 3. The minimum absolute atomic E-state index is 0.357. The molecular weight excluding hydrogens is 222 g/mol. The van der Waals surface area contributed by atoms with Crippen molar-refractivity contribution in [1.29, 1.82) is 0 Å². The zero-order valence-electron chi connectivity index (χ0n) is 13.2. The van der Waals surface area contributed by atoms with E-state index in [1.165, 1.54) is 19.3 Å². The van der Waals surface area contributed by atoms with Crippen molar-refractivity contribution in [2.75, 3.05) is 34.2 Å². The summed E-state index contributed by atoms with van der Waals surface area (Å²) < 4.78 is 0. The summed E-state index contributed by atoms with van der Waals surface area (Å²) in [4.78, 5) is 4.72. The van der Waals surface area contributed by atoms with Crippen LogP contribution in [0.15, 0.2) is 0 Å². The molecule has 3 atom stereocenters. The fraction of sp³-hybridized carbons (Fsp3) is 1.00. The van der Waals surface area contributed by atoms with E-state index in [-0.39, 0.29) is 0 Å². The number of nitrogens with two attached hydrogens (primary N) is 1. The lowest BCUT2D eigenvalue weighted by molar-refractivity contribution is 0.0807. The van der Waals surface area contributed by atoms with E-state index in [4.69, 9.17) is 5.73 Å². The lowest BCUT2D eigenvalue weighted by Gasteiger charge is -2.44. The number of rotatable bonds is 4. The highest BCUT2D eigenvalue weighted by Crippen LogP contribution is 2.38. The van der Waals surface area contributed by atoms with E-state index in [0.717, 1.165) is 19.0 Å². The Kier molecular flexibility index (Phi) is 5.63. The number of likely N-dealkylation sites (N-methyl/N-ethyl adjacent to an activating group) is 2. The van der Waals surface area contributed by atoms with Gasteiger partial charge in [0.15, 0.2) is 0 Å². The Labute approximate surface area is 114 Å². The molecule has 0 aliphatic heterocycles. The zero-order chi connectivity index (χ0) is 13.9. The number of hydrogen-bond donors (Lipinski definition) is 1. The van der Waals surface area contributed by atoms with E-state index >= 15 is 0 Å². The minimum atomic E-state index is 0.357. The molecule has 3 heteroatoms. The van der Waals surface area contributed by atoms with Gasteiger partial charge in [0.25, 0.3) is 0 Å². The Morgan fingerprint density at radius 1 is 1.06 bits per heavy atom. The molecule has 0 spiro atoms. The van der Waals surface area contributed by atoms with Crippen LogP contribution >= 0.6 is 0 Å². The van der Waals surface area contributed by atoms with Gasteiger partial charge < -0.3 is 15.5 Å². The van der Waals surface area contributed by atoms with Crippen LogP contribution in [0.2, 0.25) is 0 Å². The van der Waals surface area contributed by atoms with Gasteiger partial charge in [0, 0.05) is 25.2 Å². The molecule has 1 aliphatic carbocycles. The molecule has 0 amide bonds. The normalized spacial score (nSPS) is 30.2. The van der Waals surface area contributed by atoms with Gasteiger partial charge >= 0.3 is 0 Å². The van der Waals surface area contributed by atoms with Gasteiger partial charge in [-0.2, -0.15) is 0 Å². The Balaban J connectivity index is 2.56. The van der Waals surface area contributed by atoms with Crippen LogP contribution in [-0.2, 0) is 0 Å². The third-order valence-corrected chi connectivity index (χ3v) is 4.56. The van der Waals surface area contributed by atoms with Gasteiger partial charge in [-0.25, -0.2) is 0 Å². The molecule has 0 bridgehead atoms. The van der Waals surface area contributed by atoms with Crippen molar-refractivity contribution in [1.82, 2.24) is 9.80 Å². The first-order chi connectivity index (χ1) is 8.21. The number of nitrogens with zero attached hydrogens (tertiary/aromatic N) is 2. The van der Waals surface area contributed by atoms with Gasteiger partial charge in [-0.15, -0.1) is 0 Å². The summed E-state index contributed by atoms with van der Waals surface area (Å²) in [6.45, 7) is 9.32. The van der Waals surface area contributed by atoms with E-state index in [1.807, 2.05) is 0 Å². The molecule has 0 saturated heterocycles. The average Bonchev–Trinajstić information content (AvgIpc) is 2.24. The van der Waals surface area contributed by atoms with Crippen LogP contribution < -0.4 is 5.73 Å². The Bertz CT molecular complexity index is 245. The second-order valence-corrected chi connectivity index (χ2v) is 7.39. The molecule has 1 rings (SSSR count). The van der Waals surface area contributed by atoms with Gasteiger partial charge in [-0.1, -0.05) is 20.8 Å². The first kappa shape index (κ1) is 15.9. The summed E-state index contributed by atoms with van der Waals surface area (Å²) in [6, 6.07) is 0.915. The lowest BCUT2D eigenvalue weighted by Crippen LogP contribution is -2.52. The van der Waals surface area contributed by atoms with Crippen molar-refractivity contribution in [3.63, 3.8) is 0 Å². The predicted molar refractivity (Wildman–Crippen MR) is 79.7 cm³/mol. The lowest BCUT2D eigenvalue weighted by atomic mass is 9.69. The van der Waals surface area contributed by atoms with Gasteiger partial charge in [0.2, 0.25) is 0 Å². The standard InChI is InChI=1S/C15H33N3/c1-15(2,3)12-7-8-13(16)14(11-12)18(6)10-9-17(4)5/h12-14H,7-11,16H2,1-6H3. The van der Waals surface area contributed by atoms with Crippen LogP contribution in [0.3, 0.4) is 0 Å². The van der Waals surface area contributed by atoms with E-state index in [9.17, 15) is 0 Å². The molecular formula is C15H33N3. The van der Waals surface area contributed by atoms with Crippen LogP contribution in [-0.4, -0.2) is 56.1 Å². The van der Waals surface area contributed by atoms with Gasteiger partial charge in [0.1, 0.15) is 0 Å². The molecule has 1 saturated carbocycles. The van der Waals surface area contributed by atoms with Crippen molar-refractivity contribution in [2.45, 2.75) is 52.1 Å². The molecule has 1 fully saturated rings. The first-order valence-electron chi connectivity index (χ1n) is 7.32. The molecule has 0 aromatic rings. The van der Waals surface area contributed by atoms with Crippen molar-refractivity contribution in [2.24, 2.45) is 17.1 Å². The molecule has 0 heterocycles. The summed E-state index contributed by atoms with van der Waals surface area (Å²) in [5, 5.41) is 0. The predicted octanol–water partition coefficient (Wildman–Crippen LogP) is 2.02. The Hall–Kier alpha value is -0.120. The highest BCUT2D eigenvalue weighted by molar-refractivity contribution is 4.92.